The summed E-state index contributed by atoms with van der Waals surface area (Å²) in [6.45, 7) is 1.64. The second kappa shape index (κ2) is 4.24. The SMILES string of the molecule is Cc1cc2c(cc1F)[nH]c(=S)n2C1CC(=O)N(C)C1=O. The summed E-state index contributed by atoms with van der Waals surface area (Å²) >= 11 is 5.21. The van der Waals surface area contributed by atoms with E-state index >= 15 is 0 Å². The van der Waals surface area contributed by atoms with Gasteiger partial charge in [0.1, 0.15) is 11.9 Å². The Bertz CT molecular complexity index is 808. The Morgan fingerprint density at radius 3 is 2.70 bits per heavy atom. The van der Waals surface area contributed by atoms with Crippen molar-refractivity contribution in [1.82, 2.24) is 14.5 Å². The van der Waals surface area contributed by atoms with Crippen LogP contribution in [0.5, 0.6) is 0 Å². The van der Waals surface area contributed by atoms with E-state index in [1.807, 2.05) is 0 Å². The van der Waals surface area contributed by atoms with Gasteiger partial charge in [-0.3, -0.25) is 14.5 Å². The number of hydrogen-bond donors (Lipinski definition) is 1. The predicted octanol–water partition coefficient (Wildman–Crippen LogP) is 2.08. The highest BCUT2D eigenvalue weighted by Gasteiger charge is 2.38. The van der Waals surface area contributed by atoms with Crippen molar-refractivity contribution in [3.8, 4) is 0 Å². The molecule has 1 saturated heterocycles. The zero-order valence-corrected chi connectivity index (χ0v) is 11.8. The van der Waals surface area contributed by atoms with Crippen molar-refractivity contribution in [2.24, 2.45) is 0 Å². The summed E-state index contributed by atoms with van der Waals surface area (Å²) in [6.07, 6.45) is 0.0764. The van der Waals surface area contributed by atoms with E-state index in [9.17, 15) is 14.0 Å². The highest BCUT2D eigenvalue weighted by Crippen LogP contribution is 2.29. The molecule has 3 rings (SSSR count). The number of amides is 2. The van der Waals surface area contributed by atoms with Gasteiger partial charge in [-0.05, 0) is 36.8 Å². The second-order valence-electron chi connectivity index (χ2n) is 4.93. The number of hydrogen-bond acceptors (Lipinski definition) is 3. The van der Waals surface area contributed by atoms with Gasteiger partial charge < -0.3 is 9.55 Å². The molecule has 1 N–H and O–H groups in total. The Morgan fingerprint density at radius 1 is 1.40 bits per heavy atom. The van der Waals surface area contributed by atoms with E-state index in [2.05, 4.69) is 4.98 Å². The maximum Gasteiger partial charge on any atom is 0.252 e. The summed E-state index contributed by atoms with van der Waals surface area (Å²) in [6, 6.07) is 2.33. The van der Waals surface area contributed by atoms with Gasteiger partial charge in [-0.1, -0.05) is 0 Å². The molecule has 20 heavy (non-hydrogen) atoms. The van der Waals surface area contributed by atoms with Crippen LogP contribution in [0.25, 0.3) is 11.0 Å². The third kappa shape index (κ3) is 1.70. The third-order valence-electron chi connectivity index (χ3n) is 3.67. The highest BCUT2D eigenvalue weighted by molar-refractivity contribution is 7.71. The Morgan fingerprint density at radius 2 is 2.10 bits per heavy atom. The number of aryl methyl sites for hydroxylation is 1. The minimum atomic E-state index is -0.654. The largest absolute Gasteiger partial charge is 0.330 e. The molecule has 7 heteroatoms. The maximum atomic E-state index is 13.6. The number of nitrogens with one attached hydrogen (secondary N) is 1. The summed E-state index contributed by atoms with van der Waals surface area (Å²) in [7, 11) is 1.45. The molecule has 5 nitrogen and oxygen atoms in total. The number of imide groups is 1. The van der Waals surface area contributed by atoms with Gasteiger partial charge in [0.2, 0.25) is 5.91 Å². The molecule has 0 spiro atoms. The van der Waals surface area contributed by atoms with Crippen LogP contribution in [-0.4, -0.2) is 33.3 Å². The van der Waals surface area contributed by atoms with Gasteiger partial charge in [-0.2, -0.15) is 0 Å². The van der Waals surface area contributed by atoms with E-state index in [1.165, 1.54) is 13.1 Å². The van der Waals surface area contributed by atoms with E-state index in [1.54, 1.807) is 17.6 Å². The number of imidazole rings is 1. The van der Waals surface area contributed by atoms with Gasteiger partial charge in [-0.15, -0.1) is 0 Å². The molecular weight excluding hydrogens is 281 g/mol. The molecule has 2 aromatic rings. The van der Waals surface area contributed by atoms with Crippen molar-refractivity contribution in [2.75, 3.05) is 7.05 Å². The van der Waals surface area contributed by atoms with Crippen molar-refractivity contribution < 1.29 is 14.0 Å². The average Bonchev–Trinajstić information content (AvgIpc) is 2.81. The van der Waals surface area contributed by atoms with Gasteiger partial charge in [0, 0.05) is 7.05 Å². The maximum absolute atomic E-state index is 13.6. The summed E-state index contributed by atoms with van der Waals surface area (Å²) in [4.78, 5) is 27.7. The van der Waals surface area contributed by atoms with Crippen molar-refractivity contribution in [3.63, 3.8) is 0 Å². The molecule has 0 aliphatic carbocycles. The molecule has 1 fully saturated rings. The fraction of sp³-hybridized carbons (Fsp3) is 0.308. The molecule has 1 aromatic carbocycles. The van der Waals surface area contributed by atoms with Crippen LogP contribution in [0.15, 0.2) is 12.1 Å². The molecular formula is C13H12FN3O2S. The predicted molar refractivity (Wildman–Crippen MR) is 73.2 cm³/mol. The molecule has 1 aliphatic heterocycles. The molecule has 104 valence electrons. The van der Waals surface area contributed by atoms with Crippen molar-refractivity contribution in [3.05, 3.63) is 28.3 Å². The normalized spacial score (nSPS) is 19.4. The van der Waals surface area contributed by atoms with Gasteiger partial charge in [0.15, 0.2) is 4.77 Å². The van der Waals surface area contributed by atoms with E-state index < -0.39 is 6.04 Å². The highest BCUT2D eigenvalue weighted by atomic mass is 32.1. The number of carbonyl (C=O) groups excluding carboxylic acids is 2. The number of fused-ring (bicyclic) bond motifs is 1. The standard InChI is InChI=1S/C13H12FN3O2S/c1-6-3-9-8(4-7(6)14)15-13(20)17(9)10-5-11(18)16(2)12(10)19/h3-4,10H,5H2,1-2H3,(H,15,20). The topological polar surface area (TPSA) is 58.1 Å². The van der Waals surface area contributed by atoms with Gasteiger partial charge >= 0.3 is 0 Å². The number of aromatic nitrogens is 2. The number of likely N-dealkylation sites (N-methyl/N-ethyl adjacent to an activating group) is 1. The summed E-state index contributed by atoms with van der Waals surface area (Å²) in [5, 5.41) is 0. The summed E-state index contributed by atoms with van der Waals surface area (Å²) < 4.78 is 15.5. The number of halogens is 1. The van der Waals surface area contributed by atoms with E-state index in [4.69, 9.17) is 12.2 Å². The second-order valence-corrected chi connectivity index (χ2v) is 5.32. The molecule has 0 radical (unpaired) electrons. The zero-order chi connectivity index (χ0) is 14.6. The van der Waals surface area contributed by atoms with Gasteiger partial charge in [0.25, 0.3) is 5.91 Å². The van der Waals surface area contributed by atoms with E-state index in [-0.39, 0.29) is 24.1 Å². The Kier molecular flexibility index (Phi) is 2.75. The lowest BCUT2D eigenvalue weighted by atomic mass is 10.2. The van der Waals surface area contributed by atoms with E-state index in [0.717, 1.165) is 4.90 Å². The van der Waals surface area contributed by atoms with Crippen LogP contribution in [-0.2, 0) is 9.59 Å². The number of nitrogens with zero attached hydrogens (tertiary/aromatic N) is 2. The number of benzene rings is 1. The number of aromatic amines is 1. The quantitative estimate of drug-likeness (QED) is 0.647. The molecule has 0 bridgehead atoms. The molecule has 0 saturated carbocycles. The number of carbonyl (C=O) groups is 2. The molecule has 1 aliphatic rings. The van der Waals surface area contributed by atoms with Gasteiger partial charge in [-0.25, -0.2) is 4.39 Å². The Hall–Kier alpha value is -2.02. The van der Waals surface area contributed by atoms with Crippen LogP contribution < -0.4 is 0 Å². The number of H-pyrrole nitrogens is 1. The first-order chi connectivity index (χ1) is 9.40. The molecule has 1 unspecified atom stereocenters. The Balaban J connectivity index is 2.24. The third-order valence-corrected chi connectivity index (χ3v) is 3.97. The lowest BCUT2D eigenvalue weighted by molar-refractivity contribution is -0.137. The smallest absolute Gasteiger partial charge is 0.252 e. The van der Waals surface area contributed by atoms with Crippen LogP contribution in [0.1, 0.15) is 18.0 Å². The van der Waals surface area contributed by atoms with Crippen molar-refractivity contribution in [1.29, 1.82) is 0 Å². The first-order valence-electron chi connectivity index (χ1n) is 6.11. The van der Waals surface area contributed by atoms with Crippen LogP contribution in [0.3, 0.4) is 0 Å². The molecule has 1 atom stereocenters. The van der Waals surface area contributed by atoms with Crippen molar-refractivity contribution >= 4 is 35.1 Å². The summed E-state index contributed by atoms with van der Waals surface area (Å²) in [5.41, 5.74) is 1.62. The van der Waals surface area contributed by atoms with Crippen molar-refractivity contribution in [2.45, 2.75) is 19.4 Å². The first-order valence-corrected chi connectivity index (χ1v) is 6.51. The average molecular weight is 293 g/mol. The minimum absolute atomic E-state index is 0.0764. The van der Waals surface area contributed by atoms with Gasteiger partial charge in [0.05, 0.1) is 17.5 Å². The number of likely N-dealkylation sites (tertiary alicyclic amines) is 1. The van der Waals surface area contributed by atoms with Crippen LogP contribution in [0.2, 0.25) is 0 Å². The fourth-order valence-corrected chi connectivity index (χ4v) is 2.83. The Labute approximate surface area is 119 Å². The molecule has 1 aromatic heterocycles. The minimum Gasteiger partial charge on any atom is -0.330 e. The first kappa shape index (κ1) is 13.0. The molecule has 2 amide bonds. The van der Waals surface area contributed by atoms with E-state index in [0.29, 0.717) is 21.4 Å². The molecule has 2 heterocycles. The van der Waals surface area contributed by atoms with Crippen LogP contribution in [0, 0.1) is 17.5 Å². The van der Waals surface area contributed by atoms with Crippen LogP contribution in [0.4, 0.5) is 4.39 Å². The lowest BCUT2D eigenvalue weighted by Gasteiger charge is -2.11. The zero-order valence-electron chi connectivity index (χ0n) is 10.9. The lowest BCUT2D eigenvalue weighted by Crippen LogP contribution is -2.26. The number of rotatable bonds is 1. The van der Waals surface area contributed by atoms with Crippen LogP contribution >= 0.6 is 12.2 Å². The summed E-state index contributed by atoms with van der Waals surface area (Å²) in [5.74, 6) is -0.879. The monoisotopic (exact) mass is 293 g/mol. The fourth-order valence-electron chi connectivity index (χ4n) is 2.50.